The number of amides is 3. The minimum absolute atomic E-state index is 0.179. The fraction of sp³-hybridized carbons (Fsp3) is 0.565. The van der Waals surface area contributed by atoms with Crippen LogP contribution in [0.25, 0.3) is 0 Å². The molecule has 1 aromatic rings. The normalized spacial score (nSPS) is 17.5. The molecule has 2 heterocycles. The van der Waals surface area contributed by atoms with Crippen LogP contribution in [0.3, 0.4) is 0 Å². The van der Waals surface area contributed by atoms with Gasteiger partial charge in [0, 0.05) is 29.2 Å². The number of nitrogens with one attached hydrogen (secondary N) is 1. The van der Waals surface area contributed by atoms with Crippen LogP contribution in [0.15, 0.2) is 23.1 Å². The van der Waals surface area contributed by atoms with E-state index >= 15 is 0 Å². The summed E-state index contributed by atoms with van der Waals surface area (Å²) in [6.07, 6.45) is 0.575. The van der Waals surface area contributed by atoms with Crippen molar-refractivity contribution in [3.63, 3.8) is 0 Å². The molecule has 0 aliphatic carbocycles. The Hall–Kier alpha value is -2.51. The van der Waals surface area contributed by atoms with Gasteiger partial charge in [0.25, 0.3) is 5.91 Å². The predicted molar refractivity (Wildman–Crippen MR) is 124 cm³/mol. The Balaban J connectivity index is 1.28. The van der Waals surface area contributed by atoms with Crippen molar-refractivity contribution < 1.29 is 43.2 Å². The fourth-order valence-electron chi connectivity index (χ4n) is 3.72. The zero-order valence-corrected chi connectivity index (χ0v) is 20.2. The Morgan fingerprint density at radius 1 is 1.00 bits per heavy atom. The van der Waals surface area contributed by atoms with Crippen molar-refractivity contribution in [1.29, 1.82) is 0 Å². The number of carbonyl (C=O) groups excluding carboxylic acids is 3. The minimum Gasteiger partial charge on any atom is -0.480 e. The number of nitrogens with zero attached hydrogens (tertiary/aromatic N) is 1. The molecule has 1 saturated heterocycles. The van der Waals surface area contributed by atoms with Crippen molar-refractivity contribution in [3.05, 3.63) is 29.3 Å². The largest absolute Gasteiger partial charge is 0.480 e. The molecule has 2 aliphatic heterocycles. The maximum atomic E-state index is 12.9. The smallest absolute Gasteiger partial charge is 0.329 e. The molecule has 1 unspecified atom stereocenters. The van der Waals surface area contributed by atoms with Gasteiger partial charge in [-0.15, -0.1) is 11.8 Å². The molecule has 11 nitrogen and oxygen atoms in total. The Morgan fingerprint density at radius 2 is 1.66 bits per heavy atom. The predicted octanol–water partition coefficient (Wildman–Crippen LogP) is 0.691. The molecule has 0 spiro atoms. The SMILES string of the molecule is O=C(O)COCCOCCOCCOCCSc1cccc2c1CN(C1CCC(=O)NC1=O)C2=O. The second-order valence-corrected chi connectivity index (χ2v) is 8.95. The third-order valence-corrected chi connectivity index (χ3v) is 6.43. The third kappa shape index (κ3) is 8.29. The van der Waals surface area contributed by atoms with Gasteiger partial charge in [-0.3, -0.25) is 19.7 Å². The van der Waals surface area contributed by atoms with E-state index < -0.39 is 17.9 Å². The van der Waals surface area contributed by atoms with Gasteiger partial charge in [0.05, 0.1) is 46.2 Å². The number of carboxylic acids is 1. The molecule has 1 aromatic carbocycles. The monoisotopic (exact) mass is 510 g/mol. The molecular formula is C23H30N2O9S. The summed E-state index contributed by atoms with van der Waals surface area (Å²) in [5.74, 6) is -1.20. The van der Waals surface area contributed by atoms with Gasteiger partial charge in [0.15, 0.2) is 0 Å². The highest BCUT2D eigenvalue weighted by atomic mass is 32.2. The molecule has 1 fully saturated rings. The van der Waals surface area contributed by atoms with Crippen LogP contribution in [0.1, 0.15) is 28.8 Å². The molecule has 0 aromatic heterocycles. The van der Waals surface area contributed by atoms with Crippen molar-refractivity contribution >= 4 is 35.5 Å². The molecule has 3 amide bonds. The number of hydrogen-bond acceptors (Lipinski definition) is 9. The highest BCUT2D eigenvalue weighted by Crippen LogP contribution is 2.34. The summed E-state index contributed by atoms with van der Waals surface area (Å²) in [6.45, 7) is 2.74. The number of thioether (sulfide) groups is 1. The minimum atomic E-state index is -1.01. The van der Waals surface area contributed by atoms with Crippen molar-refractivity contribution in [2.75, 3.05) is 58.6 Å². The van der Waals surface area contributed by atoms with Gasteiger partial charge in [0.1, 0.15) is 12.6 Å². The summed E-state index contributed by atoms with van der Waals surface area (Å²) in [7, 11) is 0. The third-order valence-electron chi connectivity index (χ3n) is 5.37. The quantitative estimate of drug-likeness (QED) is 0.185. The lowest BCUT2D eigenvalue weighted by molar-refractivity contribution is -0.143. The van der Waals surface area contributed by atoms with Crippen LogP contribution in [0, 0.1) is 0 Å². The van der Waals surface area contributed by atoms with Gasteiger partial charge in [-0.2, -0.15) is 0 Å². The second-order valence-electron chi connectivity index (χ2n) is 7.81. The van der Waals surface area contributed by atoms with Gasteiger partial charge >= 0.3 is 5.97 Å². The van der Waals surface area contributed by atoms with E-state index in [9.17, 15) is 19.2 Å². The van der Waals surface area contributed by atoms with Gasteiger partial charge in [-0.05, 0) is 24.1 Å². The van der Waals surface area contributed by atoms with E-state index in [0.717, 1.165) is 10.5 Å². The van der Waals surface area contributed by atoms with Gasteiger partial charge in [0.2, 0.25) is 11.8 Å². The molecule has 0 saturated carbocycles. The first-order valence-electron chi connectivity index (χ1n) is 11.4. The molecule has 2 aliphatic rings. The molecule has 3 rings (SSSR count). The van der Waals surface area contributed by atoms with Gasteiger partial charge < -0.3 is 29.0 Å². The fourth-order valence-corrected chi connectivity index (χ4v) is 4.67. The van der Waals surface area contributed by atoms with E-state index in [1.807, 2.05) is 12.1 Å². The molecule has 35 heavy (non-hydrogen) atoms. The molecule has 2 N–H and O–H groups in total. The topological polar surface area (TPSA) is 141 Å². The number of imide groups is 1. The van der Waals surface area contributed by atoms with Crippen molar-refractivity contribution in [3.8, 4) is 0 Å². The second kappa shape index (κ2) is 14.1. The number of rotatable bonds is 16. The maximum Gasteiger partial charge on any atom is 0.329 e. The molecule has 1 atom stereocenters. The summed E-state index contributed by atoms with van der Waals surface area (Å²) in [4.78, 5) is 49.3. The zero-order chi connectivity index (χ0) is 25.0. The summed E-state index contributed by atoms with van der Waals surface area (Å²) in [5.41, 5.74) is 1.51. The van der Waals surface area contributed by atoms with E-state index in [1.54, 1.807) is 22.7 Å². The number of carboxylic acid groups (broad SMARTS) is 1. The van der Waals surface area contributed by atoms with Crippen LogP contribution in [0.4, 0.5) is 0 Å². The Labute approximate surface area is 207 Å². The number of benzene rings is 1. The Kier molecular flexibility index (Phi) is 10.9. The number of piperidine rings is 1. The number of fused-ring (bicyclic) bond motifs is 1. The highest BCUT2D eigenvalue weighted by Gasteiger charge is 2.39. The zero-order valence-electron chi connectivity index (χ0n) is 19.4. The van der Waals surface area contributed by atoms with E-state index in [-0.39, 0.29) is 31.4 Å². The van der Waals surface area contributed by atoms with E-state index in [1.165, 1.54) is 0 Å². The number of carbonyl (C=O) groups is 4. The van der Waals surface area contributed by atoms with Crippen LogP contribution in [-0.4, -0.2) is 98.3 Å². The lowest BCUT2D eigenvalue weighted by Gasteiger charge is -2.29. The van der Waals surface area contributed by atoms with E-state index in [4.69, 9.17) is 24.1 Å². The number of aliphatic carboxylic acids is 1. The van der Waals surface area contributed by atoms with Gasteiger partial charge in [-0.25, -0.2) is 4.79 Å². The summed E-state index contributed by atoms with van der Waals surface area (Å²) < 4.78 is 21.1. The first-order valence-corrected chi connectivity index (χ1v) is 12.4. The molecule has 0 radical (unpaired) electrons. The van der Waals surface area contributed by atoms with Crippen LogP contribution in [-0.2, 0) is 39.9 Å². The summed E-state index contributed by atoms with van der Waals surface area (Å²) in [5, 5.41) is 10.7. The first kappa shape index (κ1) is 27.1. The summed E-state index contributed by atoms with van der Waals surface area (Å²) in [6, 6.07) is 4.95. The van der Waals surface area contributed by atoms with E-state index in [2.05, 4.69) is 5.32 Å². The average molecular weight is 511 g/mol. The van der Waals surface area contributed by atoms with Gasteiger partial charge in [-0.1, -0.05) is 6.07 Å². The first-order chi connectivity index (χ1) is 17.0. The Morgan fingerprint density at radius 3 is 2.31 bits per heavy atom. The van der Waals surface area contributed by atoms with Crippen LogP contribution < -0.4 is 5.32 Å². The molecular weight excluding hydrogens is 480 g/mol. The lowest BCUT2D eigenvalue weighted by Crippen LogP contribution is -2.52. The van der Waals surface area contributed by atoms with Crippen LogP contribution in [0.5, 0.6) is 0 Å². The van der Waals surface area contributed by atoms with Crippen molar-refractivity contribution in [2.24, 2.45) is 0 Å². The number of ether oxygens (including phenoxy) is 4. The average Bonchev–Trinajstić information content (AvgIpc) is 3.16. The van der Waals surface area contributed by atoms with Crippen LogP contribution in [0.2, 0.25) is 0 Å². The highest BCUT2D eigenvalue weighted by molar-refractivity contribution is 7.99. The van der Waals surface area contributed by atoms with Crippen LogP contribution >= 0.6 is 11.8 Å². The molecule has 12 heteroatoms. The van der Waals surface area contributed by atoms with Crippen molar-refractivity contribution in [1.82, 2.24) is 10.2 Å². The van der Waals surface area contributed by atoms with Crippen molar-refractivity contribution in [2.45, 2.75) is 30.3 Å². The van der Waals surface area contributed by atoms with E-state index in [0.29, 0.717) is 63.9 Å². The molecule has 192 valence electrons. The lowest BCUT2D eigenvalue weighted by atomic mass is 10.0. The Bertz CT molecular complexity index is 911. The number of hydrogen-bond donors (Lipinski definition) is 2. The standard InChI is InChI=1S/C23H30N2O9S/c26-20-5-4-18(22(29)24-20)25-14-17-16(23(25)30)2-1-3-19(17)35-13-12-33-9-8-31-6-7-32-10-11-34-15-21(27)28/h1-3,18H,4-15H2,(H,27,28)(H,24,26,29). The maximum absolute atomic E-state index is 12.9. The molecule has 0 bridgehead atoms. The summed E-state index contributed by atoms with van der Waals surface area (Å²) >= 11 is 1.59.